The number of fused-ring (bicyclic) bond motifs is 2. The third-order valence-corrected chi connectivity index (χ3v) is 6.74. The van der Waals surface area contributed by atoms with E-state index in [1.54, 1.807) is 17.7 Å². The molecule has 4 aromatic rings. The van der Waals surface area contributed by atoms with Gasteiger partial charge in [-0.2, -0.15) is 5.26 Å². The van der Waals surface area contributed by atoms with Crippen LogP contribution in [0.15, 0.2) is 58.5 Å². The summed E-state index contributed by atoms with van der Waals surface area (Å²) in [6.45, 7) is 1.52. The summed E-state index contributed by atoms with van der Waals surface area (Å²) in [6.07, 6.45) is 4.86. The molecule has 174 valence electrons. The number of amides is 1. The molecule has 1 amide bonds. The maximum Gasteiger partial charge on any atom is 0.339 e. The molecule has 5 rings (SSSR count). The van der Waals surface area contributed by atoms with Crippen LogP contribution < -0.4 is 5.32 Å². The van der Waals surface area contributed by atoms with Crippen molar-refractivity contribution < 1.29 is 18.7 Å². The number of benzene rings is 1. The minimum Gasteiger partial charge on any atom is -0.465 e. The molecule has 1 aliphatic rings. The molecule has 3 heterocycles. The van der Waals surface area contributed by atoms with Crippen molar-refractivity contribution in [2.75, 3.05) is 5.32 Å². The maximum absolute atomic E-state index is 13.5. The zero-order chi connectivity index (χ0) is 24.4. The largest absolute Gasteiger partial charge is 0.465 e. The Morgan fingerprint density at radius 3 is 2.89 bits per heavy atom. The van der Waals surface area contributed by atoms with Crippen LogP contribution in [0.4, 0.5) is 5.00 Å². The number of thiophene rings is 1. The quantitative estimate of drug-likeness (QED) is 0.359. The van der Waals surface area contributed by atoms with Crippen LogP contribution >= 0.6 is 11.3 Å². The van der Waals surface area contributed by atoms with Gasteiger partial charge in [-0.25, -0.2) is 9.78 Å². The van der Waals surface area contributed by atoms with Gasteiger partial charge in [0.1, 0.15) is 16.8 Å². The number of para-hydroxylation sites is 1. The Hall–Kier alpha value is -4.22. The highest BCUT2D eigenvalue weighted by Crippen LogP contribution is 2.36. The Bertz CT molecular complexity index is 1490. The van der Waals surface area contributed by atoms with Gasteiger partial charge in [-0.15, -0.1) is 11.3 Å². The lowest BCUT2D eigenvalue weighted by Gasteiger charge is -2.23. The van der Waals surface area contributed by atoms with Crippen molar-refractivity contribution >= 4 is 50.8 Å². The average Bonchev–Trinajstić information content (AvgIpc) is 3.54. The first-order valence-corrected chi connectivity index (χ1v) is 12.1. The normalized spacial score (nSPS) is 14.8. The lowest BCUT2D eigenvalue weighted by molar-refractivity contribution is -0.123. The summed E-state index contributed by atoms with van der Waals surface area (Å²) in [6, 6.07) is 14.8. The number of anilines is 1. The summed E-state index contributed by atoms with van der Waals surface area (Å²) in [7, 11) is 0. The molecule has 1 atom stereocenters. The number of rotatable bonds is 5. The maximum atomic E-state index is 13.5. The number of furan rings is 1. The average molecular weight is 484 g/mol. The Kier molecular flexibility index (Phi) is 6.17. The van der Waals surface area contributed by atoms with E-state index >= 15 is 0 Å². The zero-order valence-corrected chi connectivity index (χ0v) is 19.7. The van der Waals surface area contributed by atoms with E-state index < -0.39 is 18.0 Å². The third kappa shape index (κ3) is 4.46. The standard InChI is InChI=1S/C27H21N3O4S/c1-16(25(31)30-26-18(15-28)11-13-35-26)34-27(32)23-20-8-2-3-10-22(20)29-24-17(6-4-9-21(23)24)14-19-7-5-12-33-19/h2-3,5,7-8,10-14,16H,4,6,9H2,1H3,(H,30,31)/b17-14+. The van der Waals surface area contributed by atoms with Gasteiger partial charge in [0.25, 0.3) is 5.91 Å². The SMILES string of the molecule is CC(OC(=O)c1c2c(nc3ccccc13)/C(=C/c1ccco1)CCC2)C(=O)Nc1sccc1C#N. The molecule has 0 radical (unpaired) electrons. The molecule has 8 heteroatoms. The molecule has 0 spiro atoms. The van der Waals surface area contributed by atoms with E-state index in [1.165, 1.54) is 18.3 Å². The van der Waals surface area contributed by atoms with Gasteiger partial charge < -0.3 is 14.5 Å². The van der Waals surface area contributed by atoms with Gasteiger partial charge >= 0.3 is 5.97 Å². The zero-order valence-electron chi connectivity index (χ0n) is 18.9. The molecule has 0 saturated carbocycles. The summed E-state index contributed by atoms with van der Waals surface area (Å²) in [5.41, 5.74) is 4.05. The molecule has 0 aliphatic heterocycles. The Morgan fingerprint density at radius 2 is 2.09 bits per heavy atom. The summed E-state index contributed by atoms with van der Waals surface area (Å²) in [5.74, 6) is -0.348. The molecule has 1 N–H and O–H groups in total. The number of nitrogens with one attached hydrogen (secondary N) is 1. The van der Waals surface area contributed by atoms with Gasteiger partial charge in [-0.05, 0) is 73.0 Å². The summed E-state index contributed by atoms with van der Waals surface area (Å²) in [5, 5.41) is 14.7. The van der Waals surface area contributed by atoms with Gasteiger partial charge in [-0.1, -0.05) is 18.2 Å². The fourth-order valence-electron chi connectivity index (χ4n) is 4.23. The topological polar surface area (TPSA) is 105 Å². The number of carbonyl (C=O) groups excluding carboxylic acids is 2. The molecular formula is C27H21N3O4S. The molecule has 7 nitrogen and oxygen atoms in total. The highest BCUT2D eigenvalue weighted by molar-refractivity contribution is 7.14. The van der Waals surface area contributed by atoms with Crippen molar-refractivity contribution in [2.24, 2.45) is 0 Å². The number of pyridine rings is 1. The van der Waals surface area contributed by atoms with E-state index in [-0.39, 0.29) is 0 Å². The van der Waals surface area contributed by atoms with Gasteiger partial charge in [0.15, 0.2) is 6.10 Å². The number of hydrogen-bond donors (Lipinski definition) is 1. The molecule has 0 saturated heterocycles. The first kappa shape index (κ1) is 22.6. The van der Waals surface area contributed by atoms with Gasteiger partial charge in [0, 0.05) is 5.39 Å². The summed E-state index contributed by atoms with van der Waals surface area (Å²) >= 11 is 1.24. The molecular weight excluding hydrogens is 462 g/mol. The fraction of sp³-hybridized carbons (Fsp3) is 0.185. The molecule has 1 aromatic carbocycles. The van der Waals surface area contributed by atoms with E-state index in [2.05, 4.69) is 5.32 Å². The van der Waals surface area contributed by atoms with Crippen LogP contribution in [0.25, 0.3) is 22.6 Å². The molecule has 35 heavy (non-hydrogen) atoms. The second-order valence-corrected chi connectivity index (χ2v) is 9.10. The second-order valence-electron chi connectivity index (χ2n) is 8.18. The smallest absolute Gasteiger partial charge is 0.339 e. The first-order valence-electron chi connectivity index (χ1n) is 11.2. The highest BCUT2D eigenvalue weighted by Gasteiger charge is 2.28. The predicted octanol–water partition coefficient (Wildman–Crippen LogP) is 5.82. The van der Waals surface area contributed by atoms with Crippen LogP contribution in [-0.4, -0.2) is 23.0 Å². The molecule has 1 aliphatic carbocycles. The van der Waals surface area contributed by atoms with E-state index in [1.807, 2.05) is 48.5 Å². The van der Waals surface area contributed by atoms with Gasteiger partial charge in [-0.3, -0.25) is 4.79 Å². The Labute approximate surface area is 205 Å². The van der Waals surface area contributed by atoms with E-state index in [4.69, 9.17) is 14.1 Å². The monoisotopic (exact) mass is 483 g/mol. The van der Waals surface area contributed by atoms with E-state index in [9.17, 15) is 14.9 Å². The van der Waals surface area contributed by atoms with Crippen molar-refractivity contribution in [1.82, 2.24) is 4.98 Å². The minimum absolute atomic E-state index is 0.368. The summed E-state index contributed by atoms with van der Waals surface area (Å²) in [4.78, 5) is 31.1. The van der Waals surface area contributed by atoms with Crippen molar-refractivity contribution in [3.8, 4) is 6.07 Å². The van der Waals surface area contributed by atoms with Crippen LogP contribution in [-0.2, 0) is 16.0 Å². The molecule has 0 fully saturated rings. The van der Waals surface area contributed by atoms with Crippen molar-refractivity contribution in [2.45, 2.75) is 32.3 Å². The highest BCUT2D eigenvalue weighted by atomic mass is 32.1. The number of nitriles is 1. The minimum atomic E-state index is -1.06. The van der Waals surface area contributed by atoms with Gasteiger partial charge in [0.2, 0.25) is 0 Å². The van der Waals surface area contributed by atoms with Crippen molar-refractivity contribution in [3.63, 3.8) is 0 Å². The van der Waals surface area contributed by atoms with E-state index in [0.717, 1.165) is 35.4 Å². The fourth-order valence-corrected chi connectivity index (χ4v) is 4.97. The van der Waals surface area contributed by atoms with Crippen LogP contribution in [0.3, 0.4) is 0 Å². The van der Waals surface area contributed by atoms with Crippen molar-refractivity contribution in [3.05, 3.63) is 82.3 Å². The van der Waals surface area contributed by atoms with Crippen LogP contribution in [0, 0.1) is 11.3 Å². The Morgan fingerprint density at radius 1 is 1.23 bits per heavy atom. The number of hydrogen-bond acceptors (Lipinski definition) is 7. The summed E-state index contributed by atoms with van der Waals surface area (Å²) < 4.78 is 11.1. The first-order chi connectivity index (χ1) is 17.0. The Balaban J connectivity index is 1.49. The molecule has 3 aromatic heterocycles. The van der Waals surface area contributed by atoms with Gasteiger partial charge in [0.05, 0.1) is 28.6 Å². The molecule has 0 bridgehead atoms. The van der Waals surface area contributed by atoms with Crippen molar-refractivity contribution in [1.29, 1.82) is 5.26 Å². The number of allylic oxidation sites excluding steroid dienone is 1. The number of aromatic nitrogens is 1. The number of carbonyl (C=O) groups is 2. The number of nitrogens with zero attached hydrogens (tertiary/aromatic N) is 2. The van der Waals surface area contributed by atoms with Crippen LogP contribution in [0.2, 0.25) is 0 Å². The number of esters is 1. The van der Waals surface area contributed by atoms with Crippen LogP contribution in [0.5, 0.6) is 0 Å². The second kappa shape index (κ2) is 9.57. The van der Waals surface area contributed by atoms with Crippen LogP contribution in [0.1, 0.15) is 52.7 Å². The lowest BCUT2D eigenvalue weighted by Crippen LogP contribution is -2.30. The third-order valence-electron chi connectivity index (χ3n) is 5.91. The predicted molar refractivity (Wildman–Crippen MR) is 134 cm³/mol. The lowest BCUT2D eigenvalue weighted by atomic mass is 9.86. The number of ether oxygens (including phenoxy) is 1. The van der Waals surface area contributed by atoms with E-state index in [0.29, 0.717) is 33.5 Å². The molecule has 1 unspecified atom stereocenters.